The van der Waals surface area contributed by atoms with Gasteiger partial charge >= 0.3 is 6.03 Å². The van der Waals surface area contributed by atoms with Gasteiger partial charge in [0.15, 0.2) is 0 Å². The van der Waals surface area contributed by atoms with Crippen molar-refractivity contribution >= 4 is 17.4 Å². The second-order valence-electron chi connectivity index (χ2n) is 5.77. The molecule has 0 bridgehead atoms. The van der Waals surface area contributed by atoms with Crippen molar-refractivity contribution in [3.8, 4) is 17.0 Å². The van der Waals surface area contributed by atoms with Crippen LogP contribution in [0.3, 0.4) is 0 Å². The Labute approximate surface area is 156 Å². The summed E-state index contributed by atoms with van der Waals surface area (Å²) in [6.07, 6.45) is 0. The number of aromatic nitrogens is 2. The van der Waals surface area contributed by atoms with Crippen LogP contribution in [0.1, 0.15) is 6.92 Å². The minimum absolute atomic E-state index is 0.166. The van der Waals surface area contributed by atoms with Crippen molar-refractivity contribution in [3.05, 3.63) is 71.0 Å². The Morgan fingerprint density at radius 2 is 1.78 bits per heavy atom. The Morgan fingerprint density at radius 3 is 2.48 bits per heavy atom. The van der Waals surface area contributed by atoms with Crippen LogP contribution in [0.5, 0.6) is 5.75 Å². The quantitative estimate of drug-likeness (QED) is 0.726. The summed E-state index contributed by atoms with van der Waals surface area (Å²) < 4.78 is 6.78. The molecule has 1 heterocycles. The monoisotopic (exact) mass is 364 g/mol. The number of nitrogens with one attached hydrogen (secondary N) is 2. The van der Waals surface area contributed by atoms with Crippen LogP contribution in [-0.2, 0) is 7.05 Å². The van der Waals surface area contributed by atoms with E-state index in [2.05, 4.69) is 15.7 Å². The molecule has 0 unspecified atom stereocenters. The molecule has 7 heteroatoms. The zero-order valence-corrected chi connectivity index (χ0v) is 15.1. The van der Waals surface area contributed by atoms with Crippen molar-refractivity contribution in [1.29, 1.82) is 0 Å². The Hall–Kier alpha value is -3.61. The molecule has 0 saturated heterocycles. The number of urea groups is 1. The van der Waals surface area contributed by atoms with Crippen LogP contribution >= 0.6 is 0 Å². The van der Waals surface area contributed by atoms with Gasteiger partial charge < -0.3 is 15.4 Å². The van der Waals surface area contributed by atoms with Crippen LogP contribution in [0.2, 0.25) is 0 Å². The molecule has 2 amide bonds. The number of ether oxygens (including phenoxy) is 1. The van der Waals surface area contributed by atoms with Crippen LogP contribution in [-0.4, -0.2) is 22.4 Å². The average molecular weight is 364 g/mol. The standard InChI is InChI=1S/C20H20N4O3/c1-3-27-18-7-5-4-6-17(18)22-20(26)21-15-10-8-14(9-11-15)16-12-13-19(25)24(2)23-16/h4-13H,3H2,1-2H3,(H2,21,22,26). The van der Waals surface area contributed by atoms with Gasteiger partial charge in [0.25, 0.3) is 5.56 Å². The number of anilines is 2. The molecule has 0 aliphatic heterocycles. The van der Waals surface area contributed by atoms with E-state index in [1.807, 2.05) is 31.2 Å². The van der Waals surface area contributed by atoms with E-state index in [-0.39, 0.29) is 11.6 Å². The Balaban J connectivity index is 1.68. The van der Waals surface area contributed by atoms with Gasteiger partial charge in [0, 0.05) is 24.4 Å². The van der Waals surface area contributed by atoms with E-state index in [1.165, 1.54) is 10.7 Å². The van der Waals surface area contributed by atoms with Gasteiger partial charge in [-0.05, 0) is 37.3 Å². The van der Waals surface area contributed by atoms with E-state index in [1.54, 1.807) is 37.4 Å². The number of hydrogen-bond acceptors (Lipinski definition) is 4. The molecule has 0 aliphatic rings. The fourth-order valence-corrected chi connectivity index (χ4v) is 2.52. The van der Waals surface area contributed by atoms with Crippen LogP contribution < -0.4 is 20.9 Å². The van der Waals surface area contributed by atoms with Gasteiger partial charge in [-0.15, -0.1) is 0 Å². The Bertz CT molecular complexity index is 997. The summed E-state index contributed by atoms with van der Waals surface area (Å²) in [5.74, 6) is 0.617. The molecule has 2 N–H and O–H groups in total. The van der Waals surface area contributed by atoms with Crippen LogP contribution in [0, 0.1) is 0 Å². The van der Waals surface area contributed by atoms with Gasteiger partial charge in [0.2, 0.25) is 0 Å². The highest BCUT2D eigenvalue weighted by molar-refractivity contribution is 6.00. The predicted octanol–water partition coefficient (Wildman–Crippen LogP) is 3.49. The number of benzene rings is 2. The van der Waals surface area contributed by atoms with Crippen molar-refractivity contribution in [1.82, 2.24) is 9.78 Å². The molecule has 0 radical (unpaired) electrons. The zero-order valence-electron chi connectivity index (χ0n) is 15.1. The molecule has 7 nitrogen and oxygen atoms in total. The van der Waals surface area contributed by atoms with Crippen molar-refractivity contribution in [2.75, 3.05) is 17.2 Å². The van der Waals surface area contributed by atoms with Crippen molar-refractivity contribution in [2.45, 2.75) is 6.92 Å². The molecule has 0 spiro atoms. The highest BCUT2D eigenvalue weighted by atomic mass is 16.5. The maximum Gasteiger partial charge on any atom is 0.323 e. The number of carbonyl (C=O) groups is 1. The van der Waals surface area contributed by atoms with E-state index in [0.717, 1.165) is 5.56 Å². The Kier molecular flexibility index (Phi) is 5.51. The van der Waals surface area contributed by atoms with Gasteiger partial charge in [-0.3, -0.25) is 4.79 Å². The second kappa shape index (κ2) is 8.18. The molecular weight excluding hydrogens is 344 g/mol. The molecule has 2 aromatic carbocycles. The van der Waals surface area contributed by atoms with Gasteiger partial charge in [0.05, 0.1) is 18.0 Å². The second-order valence-corrected chi connectivity index (χ2v) is 5.77. The summed E-state index contributed by atoms with van der Waals surface area (Å²) >= 11 is 0. The number of carbonyl (C=O) groups excluding carboxylic acids is 1. The molecule has 0 aliphatic carbocycles. The highest BCUT2D eigenvalue weighted by Gasteiger charge is 2.08. The zero-order chi connectivity index (χ0) is 19.2. The minimum atomic E-state index is -0.366. The SMILES string of the molecule is CCOc1ccccc1NC(=O)Nc1ccc(-c2ccc(=O)n(C)n2)cc1. The summed E-state index contributed by atoms with van der Waals surface area (Å²) in [5, 5.41) is 9.76. The van der Waals surface area contributed by atoms with Crippen molar-refractivity contribution in [3.63, 3.8) is 0 Å². The molecule has 0 saturated carbocycles. The predicted molar refractivity (Wildman–Crippen MR) is 105 cm³/mol. The third-order valence-electron chi connectivity index (χ3n) is 3.83. The first kappa shape index (κ1) is 18.2. The van der Waals surface area contributed by atoms with E-state index in [9.17, 15) is 9.59 Å². The van der Waals surface area contributed by atoms with Crippen molar-refractivity contribution < 1.29 is 9.53 Å². The van der Waals surface area contributed by atoms with Gasteiger partial charge in [0.1, 0.15) is 5.75 Å². The van der Waals surface area contributed by atoms with Gasteiger partial charge in [-0.25, -0.2) is 9.48 Å². The normalized spacial score (nSPS) is 10.3. The maximum atomic E-state index is 12.2. The highest BCUT2D eigenvalue weighted by Crippen LogP contribution is 2.24. The molecule has 0 atom stereocenters. The molecule has 27 heavy (non-hydrogen) atoms. The largest absolute Gasteiger partial charge is 0.492 e. The van der Waals surface area contributed by atoms with E-state index >= 15 is 0 Å². The topological polar surface area (TPSA) is 85.3 Å². The number of hydrogen-bond donors (Lipinski definition) is 2. The number of aryl methyl sites for hydroxylation is 1. The molecule has 3 aromatic rings. The summed E-state index contributed by atoms with van der Waals surface area (Å²) in [5.41, 5.74) is 2.59. The van der Waals surface area contributed by atoms with Gasteiger partial charge in [-0.2, -0.15) is 5.10 Å². The third kappa shape index (κ3) is 4.52. The lowest BCUT2D eigenvalue weighted by atomic mass is 10.1. The lowest BCUT2D eigenvalue weighted by Gasteiger charge is -2.12. The molecule has 1 aromatic heterocycles. The van der Waals surface area contributed by atoms with E-state index in [0.29, 0.717) is 29.4 Å². The summed E-state index contributed by atoms with van der Waals surface area (Å²) in [4.78, 5) is 23.7. The number of rotatable bonds is 5. The van der Waals surface area contributed by atoms with E-state index in [4.69, 9.17) is 4.74 Å². The number of amides is 2. The smallest absolute Gasteiger partial charge is 0.323 e. The minimum Gasteiger partial charge on any atom is -0.492 e. The third-order valence-corrected chi connectivity index (χ3v) is 3.83. The lowest BCUT2D eigenvalue weighted by molar-refractivity contribution is 0.262. The molecule has 138 valence electrons. The van der Waals surface area contributed by atoms with Crippen LogP contribution in [0.4, 0.5) is 16.2 Å². The molecular formula is C20H20N4O3. The van der Waals surface area contributed by atoms with Crippen LogP contribution in [0.25, 0.3) is 11.3 Å². The lowest BCUT2D eigenvalue weighted by Crippen LogP contribution is -2.20. The average Bonchev–Trinajstić information content (AvgIpc) is 2.66. The summed E-state index contributed by atoms with van der Waals surface area (Å²) in [6, 6.07) is 17.2. The Morgan fingerprint density at radius 1 is 1.04 bits per heavy atom. The number of para-hydroxylation sites is 2. The fourth-order valence-electron chi connectivity index (χ4n) is 2.52. The summed E-state index contributed by atoms with van der Waals surface area (Å²) in [6.45, 7) is 2.40. The van der Waals surface area contributed by atoms with Crippen molar-refractivity contribution in [2.24, 2.45) is 7.05 Å². The number of nitrogens with zero attached hydrogens (tertiary/aromatic N) is 2. The first-order chi connectivity index (χ1) is 13.1. The van der Waals surface area contributed by atoms with Gasteiger partial charge in [-0.1, -0.05) is 24.3 Å². The van der Waals surface area contributed by atoms with E-state index < -0.39 is 0 Å². The summed E-state index contributed by atoms with van der Waals surface area (Å²) in [7, 11) is 1.60. The maximum absolute atomic E-state index is 12.2. The first-order valence-electron chi connectivity index (χ1n) is 8.51. The van der Waals surface area contributed by atoms with Crippen LogP contribution in [0.15, 0.2) is 65.5 Å². The fraction of sp³-hybridized carbons (Fsp3) is 0.150. The first-order valence-corrected chi connectivity index (χ1v) is 8.51. The molecule has 3 rings (SSSR count). The molecule has 0 fully saturated rings.